The quantitative estimate of drug-likeness (QED) is 0.106. The minimum atomic E-state index is -1.57. The number of nitro groups is 1. The van der Waals surface area contributed by atoms with Gasteiger partial charge < -0.3 is 21.1 Å². The molecule has 0 aliphatic heterocycles. The van der Waals surface area contributed by atoms with Crippen LogP contribution < -0.4 is 16.4 Å². The number of benzene rings is 2. The molecule has 0 bridgehead atoms. The molecule has 0 aliphatic rings. The maximum Gasteiger partial charge on any atom is 0.331 e. The first-order chi connectivity index (χ1) is 15.1. The smallest absolute Gasteiger partial charge is 0.331 e. The van der Waals surface area contributed by atoms with E-state index in [0.29, 0.717) is 24.6 Å². The summed E-state index contributed by atoms with van der Waals surface area (Å²) in [5.74, 6) is 0.343. The van der Waals surface area contributed by atoms with Crippen molar-refractivity contribution in [3.8, 4) is 0 Å². The molecule has 0 heterocycles. The molecule has 2 aromatic carbocycles. The molecule has 2 aromatic rings. The highest BCUT2D eigenvalue weighted by molar-refractivity contribution is 5.89. The second kappa shape index (κ2) is 13.2. The molecular formula is C23H27FN4O4. The van der Waals surface area contributed by atoms with Gasteiger partial charge in [-0.2, -0.15) is 4.39 Å². The van der Waals surface area contributed by atoms with Gasteiger partial charge in [-0.1, -0.05) is 13.2 Å². The Morgan fingerprint density at radius 3 is 2.09 bits per heavy atom. The van der Waals surface area contributed by atoms with Crippen LogP contribution in [0.5, 0.6) is 0 Å². The standard InChI is InChI=1S/C17H21FN2O2.C6H6N2O2/c1-4-20(16-9-7-15(19)8-10-16)11-12-22-14(3)6-5-13(2)17(18)21;7-5-1-3-6(4-2-5)8(9)10/h5-10H,2-4,11-12,19H2,1H3;1-4H,7H2/b6-5-;. The van der Waals surface area contributed by atoms with E-state index in [1.807, 2.05) is 31.2 Å². The number of carbonyl (C=O) groups excluding carboxylic acids is 1. The number of nitrogens with zero attached hydrogens (tertiary/aromatic N) is 2. The number of halogens is 1. The van der Waals surface area contributed by atoms with Crippen molar-refractivity contribution in [3.63, 3.8) is 0 Å². The van der Waals surface area contributed by atoms with Crippen LogP contribution in [0.4, 0.5) is 27.1 Å². The first-order valence-corrected chi connectivity index (χ1v) is 9.63. The highest BCUT2D eigenvalue weighted by Crippen LogP contribution is 2.16. The van der Waals surface area contributed by atoms with Gasteiger partial charge in [-0.25, -0.2) is 0 Å². The van der Waals surface area contributed by atoms with Gasteiger partial charge >= 0.3 is 6.04 Å². The summed E-state index contributed by atoms with van der Waals surface area (Å²) in [6, 6.07) is 11.8. The second-order valence-electron chi connectivity index (χ2n) is 6.47. The number of carbonyl (C=O) groups is 1. The van der Waals surface area contributed by atoms with Gasteiger partial charge in [0, 0.05) is 41.3 Å². The van der Waals surface area contributed by atoms with Crippen LogP contribution in [0.15, 0.2) is 85.2 Å². The fourth-order valence-corrected chi connectivity index (χ4v) is 2.35. The van der Waals surface area contributed by atoms with Crippen molar-refractivity contribution >= 4 is 28.8 Å². The van der Waals surface area contributed by atoms with Gasteiger partial charge in [0.05, 0.1) is 11.5 Å². The minimum absolute atomic E-state index is 0.0641. The maximum atomic E-state index is 12.3. The number of allylic oxidation sites excluding steroid dienone is 3. The van der Waals surface area contributed by atoms with Crippen LogP contribution in [0.3, 0.4) is 0 Å². The number of nitrogens with two attached hydrogens (primary N) is 2. The fourth-order valence-electron chi connectivity index (χ4n) is 2.35. The van der Waals surface area contributed by atoms with Crippen LogP contribution in [0.2, 0.25) is 0 Å². The van der Waals surface area contributed by atoms with Crippen LogP contribution in [0.25, 0.3) is 0 Å². The predicted molar refractivity (Wildman–Crippen MR) is 126 cm³/mol. The molecule has 9 heteroatoms. The number of rotatable bonds is 10. The molecule has 170 valence electrons. The number of non-ortho nitro benzene ring substituents is 1. The molecule has 0 atom stereocenters. The van der Waals surface area contributed by atoms with E-state index in [1.54, 1.807) is 0 Å². The van der Waals surface area contributed by atoms with E-state index in [4.69, 9.17) is 16.2 Å². The zero-order valence-electron chi connectivity index (χ0n) is 17.9. The number of nitrogen functional groups attached to an aromatic ring is 2. The van der Waals surface area contributed by atoms with Crippen molar-refractivity contribution < 1.29 is 18.8 Å². The SMILES string of the molecule is C=C(/C=C\C(=C)C(=O)F)OCCN(CC)c1ccc(N)cc1.Nc1ccc([N+](=O)[O-])cc1. The van der Waals surface area contributed by atoms with Gasteiger partial charge in [0.2, 0.25) is 0 Å². The third-order valence-electron chi connectivity index (χ3n) is 4.12. The Kier molecular flexibility index (Phi) is 10.7. The van der Waals surface area contributed by atoms with Crippen molar-refractivity contribution in [3.05, 3.63) is 95.3 Å². The van der Waals surface area contributed by atoms with E-state index in [9.17, 15) is 19.3 Å². The first-order valence-electron chi connectivity index (χ1n) is 9.63. The van der Waals surface area contributed by atoms with E-state index in [2.05, 4.69) is 18.1 Å². The van der Waals surface area contributed by atoms with Crippen molar-refractivity contribution in [2.75, 3.05) is 36.1 Å². The molecule has 0 amide bonds. The van der Waals surface area contributed by atoms with Crippen molar-refractivity contribution in [2.24, 2.45) is 0 Å². The molecule has 0 aromatic heterocycles. The maximum absolute atomic E-state index is 12.3. The Morgan fingerprint density at radius 2 is 1.62 bits per heavy atom. The number of ether oxygens (including phenoxy) is 1. The lowest BCUT2D eigenvalue weighted by Gasteiger charge is -2.23. The van der Waals surface area contributed by atoms with E-state index in [0.717, 1.165) is 17.9 Å². The highest BCUT2D eigenvalue weighted by atomic mass is 19.1. The van der Waals surface area contributed by atoms with Gasteiger partial charge in [0.1, 0.15) is 12.4 Å². The Balaban J connectivity index is 0.000000425. The van der Waals surface area contributed by atoms with Gasteiger partial charge in [-0.3, -0.25) is 14.9 Å². The normalized spacial score (nSPS) is 10.1. The number of likely N-dealkylation sites (N-methyl/N-ethyl adjacent to an activating group) is 1. The number of hydrogen-bond acceptors (Lipinski definition) is 7. The van der Waals surface area contributed by atoms with Crippen molar-refractivity contribution in [2.45, 2.75) is 6.92 Å². The third kappa shape index (κ3) is 9.57. The van der Waals surface area contributed by atoms with Crippen LogP contribution in [-0.2, 0) is 9.53 Å². The lowest BCUT2D eigenvalue weighted by Crippen LogP contribution is -2.26. The summed E-state index contributed by atoms with van der Waals surface area (Å²) in [5, 5.41) is 10.1. The molecule has 32 heavy (non-hydrogen) atoms. The zero-order valence-corrected chi connectivity index (χ0v) is 17.9. The Labute approximate surface area is 186 Å². The number of hydrogen-bond donors (Lipinski definition) is 2. The lowest BCUT2D eigenvalue weighted by molar-refractivity contribution is -0.384. The molecular weight excluding hydrogens is 415 g/mol. The van der Waals surface area contributed by atoms with E-state index >= 15 is 0 Å². The van der Waals surface area contributed by atoms with Crippen molar-refractivity contribution in [1.82, 2.24) is 0 Å². The lowest BCUT2D eigenvalue weighted by atomic mass is 10.2. The van der Waals surface area contributed by atoms with E-state index in [1.165, 1.54) is 36.4 Å². The molecule has 0 fully saturated rings. The molecule has 0 saturated heterocycles. The largest absolute Gasteiger partial charge is 0.492 e. The number of nitro benzene ring substituents is 1. The summed E-state index contributed by atoms with van der Waals surface area (Å²) in [6.07, 6.45) is 2.65. The monoisotopic (exact) mass is 442 g/mol. The molecule has 0 radical (unpaired) electrons. The van der Waals surface area contributed by atoms with Crippen LogP contribution in [0.1, 0.15) is 6.92 Å². The Morgan fingerprint density at radius 1 is 1.09 bits per heavy atom. The summed E-state index contributed by atoms with van der Waals surface area (Å²) in [6.45, 7) is 10.9. The molecule has 0 aliphatic carbocycles. The third-order valence-corrected chi connectivity index (χ3v) is 4.12. The number of anilines is 3. The Bertz CT molecular complexity index is 957. The first kappa shape index (κ1) is 25.9. The average molecular weight is 442 g/mol. The van der Waals surface area contributed by atoms with Gasteiger partial charge in [-0.05, 0) is 55.5 Å². The molecule has 0 unspecified atom stereocenters. The topological polar surface area (TPSA) is 125 Å². The summed E-state index contributed by atoms with van der Waals surface area (Å²) >= 11 is 0. The second-order valence-corrected chi connectivity index (χ2v) is 6.47. The average Bonchev–Trinajstić information content (AvgIpc) is 2.76. The van der Waals surface area contributed by atoms with Crippen molar-refractivity contribution in [1.29, 1.82) is 0 Å². The summed E-state index contributed by atoms with van der Waals surface area (Å²) in [4.78, 5) is 22.1. The molecule has 8 nitrogen and oxygen atoms in total. The van der Waals surface area contributed by atoms with Gasteiger partial charge in [0.25, 0.3) is 5.69 Å². The van der Waals surface area contributed by atoms with E-state index in [-0.39, 0.29) is 11.3 Å². The summed E-state index contributed by atoms with van der Waals surface area (Å²) in [5.41, 5.74) is 13.1. The summed E-state index contributed by atoms with van der Waals surface area (Å²) in [7, 11) is 0. The summed E-state index contributed by atoms with van der Waals surface area (Å²) < 4.78 is 17.7. The van der Waals surface area contributed by atoms with Crippen LogP contribution >= 0.6 is 0 Å². The van der Waals surface area contributed by atoms with Gasteiger partial charge in [-0.15, -0.1) is 0 Å². The van der Waals surface area contributed by atoms with Crippen LogP contribution in [0, 0.1) is 10.1 Å². The Hall–Kier alpha value is -4.14. The van der Waals surface area contributed by atoms with Crippen LogP contribution in [-0.4, -0.2) is 30.7 Å². The zero-order chi connectivity index (χ0) is 24.1. The molecule has 0 spiro atoms. The van der Waals surface area contributed by atoms with Gasteiger partial charge in [0.15, 0.2) is 0 Å². The van der Waals surface area contributed by atoms with E-state index < -0.39 is 11.0 Å². The highest BCUT2D eigenvalue weighted by Gasteiger charge is 2.05. The predicted octanol–water partition coefficient (Wildman–Crippen LogP) is 4.41. The minimum Gasteiger partial charge on any atom is -0.492 e. The fraction of sp³-hybridized carbons (Fsp3) is 0.174. The molecule has 4 N–H and O–H groups in total. The molecule has 0 saturated carbocycles. The molecule has 2 rings (SSSR count).